The maximum atomic E-state index is 13.2. The summed E-state index contributed by atoms with van der Waals surface area (Å²) >= 11 is 5.99. The second kappa shape index (κ2) is 8.28. The van der Waals surface area contributed by atoms with E-state index in [1.807, 2.05) is 51.9 Å². The number of aryl methyl sites for hydroxylation is 2. The van der Waals surface area contributed by atoms with E-state index in [1.54, 1.807) is 0 Å². The van der Waals surface area contributed by atoms with E-state index in [1.165, 1.54) is 16.8 Å². The number of carbonyl (C=O) groups excluding carboxylic acids is 1. The van der Waals surface area contributed by atoms with Crippen molar-refractivity contribution in [1.29, 1.82) is 0 Å². The highest BCUT2D eigenvalue weighted by Gasteiger charge is 2.23. The van der Waals surface area contributed by atoms with Gasteiger partial charge in [0.05, 0.1) is 0 Å². The quantitative estimate of drug-likeness (QED) is 0.461. The number of aromatic nitrogens is 3. The van der Waals surface area contributed by atoms with E-state index in [4.69, 9.17) is 11.6 Å². The number of benzene rings is 2. The second-order valence-corrected chi connectivity index (χ2v) is 8.68. The Kier molecular flexibility index (Phi) is 5.31. The van der Waals surface area contributed by atoms with Crippen LogP contribution in [0.5, 0.6) is 0 Å². The molecule has 7 heteroatoms. The number of rotatable bonds is 3. The average molecular weight is 446 g/mol. The Morgan fingerprint density at radius 3 is 2.41 bits per heavy atom. The number of nitrogens with zero attached hydrogens (tertiary/aromatic N) is 5. The summed E-state index contributed by atoms with van der Waals surface area (Å²) in [4.78, 5) is 17.4. The molecule has 162 valence electrons. The maximum absolute atomic E-state index is 13.2. The van der Waals surface area contributed by atoms with Crippen molar-refractivity contribution in [1.82, 2.24) is 19.5 Å². The predicted octanol–water partition coefficient (Wildman–Crippen LogP) is 4.63. The summed E-state index contributed by atoms with van der Waals surface area (Å²) in [6.07, 6.45) is 1.86. The standard InChI is InChI=1S/C25H24ClN5O/c1-17-3-4-18(2)22(15-17)29-11-13-30(14-12-29)25(32)20-9-10-31-23(16-20)27-28-24(31)19-5-7-21(26)8-6-19/h3-10,15-16H,11-14H2,1-2H3. The number of anilines is 1. The van der Waals surface area contributed by atoms with Gasteiger partial charge in [-0.15, -0.1) is 10.2 Å². The highest BCUT2D eigenvalue weighted by atomic mass is 35.5. The summed E-state index contributed by atoms with van der Waals surface area (Å²) in [6, 6.07) is 17.7. The predicted molar refractivity (Wildman–Crippen MR) is 127 cm³/mol. The Labute approximate surface area is 192 Å². The minimum Gasteiger partial charge on any atom is -0.368 e. The molecule has 2 aromatic heterocycles. The third-order valence-corrected chi connectivity index (χ3v) is 6.28. The van der Waals surface area contributed by atoms with Crippen molar-refractivity contribution in [2.75, 3.05) is 31.1 Å². The van der Waals surface area contributed by atoms with E-state index in [0.717, 1.165) is 24.5 Å². The van der Waals surface area contributed by atoms with Crippen molar-refractivity contribution in [3.05, 3.63) is 82.5 Å². The third kappa shape index (κ3) is 3.82. The van der Waals surface area contributed by atoms with Crippen molar-refractivity contribution in [3.8, 4) is 11.4 Å². The first-order valence-electron chi connectivity index (χ1n) is 10.7. The number of carbonyl (C=O) groups is 1. The molecule has 0 saturated carbocycles. The molecule has 0 radical (unpaired) electrons. The van der Waals surface area contributed by atoms with E-state index >= 15 is 0 Å². The van der Waals surface area contributed by atoms with Gasteiger partial charge >= 0.3 is 0 Å². The van der Waals surface area contributed by atoms with E-state index in [0.29, 0.717) is 29.3 Å². The summed E-state index contributed by atoms with van der Waals surface area (Å²) in [5.74, 6) is 0.752. The smallest absolute Gasteiger partial charge is 0.254 e. The molecule has 0 bridgehead atoms. The number of hydrogen-bond donors (Lipinski definition) is 0. The Bertz CT molecular complexity index is 1290. The molecule has 1 amide bonds. The van der Waals surface area contributed by atoms with Crippen molar-refractivity contribution in [3.63, 3.8) is 0 Å². The topological polar surface area (TPSA) is 53.7 Å². The molecule has 1 aliphatic rings. The van der Waals surface area contributed by atoms with Gasteiger partial charge in [0.15, 0.2) is 11.5 Å². The van der Waals surface area contributed by atoms with Gasteiger partial charge in [-0.05, 0) is 67.4 Å². The molecule has 1 saturated heterocycles. The van der Waals surface area contributed by atoms with E-state index in [9.17, 15) is 4.79 Å². The van der Waals surface area contributed by atoms with Crippen LogP contribution in [0.2, 0.25) is 5.02 Å². The third-order valence-electron chi connectivity index (χ3n) is 6.03. The monoisotopic (exact) mass is 445 g/mol. The number of amides is 1. The van der Waals surface area contributed by atoms with Crippen LogP contribution < -0.4 is 4.90 Å². The largest absolute Gasteiger partial charge is 0.368 e. The number of piperazine rings is 1. The zero-order valence-electron chi connectivity index (χ0n) is 18.1. The van der Waals surface area contributed by atoms with Crippen LogP contribution in [0.4, 0.5) is 5.69 Å². The van der Waals surface area contributed by atoms with Gasteiger partial charge in [-0.2, -0.15) is 0 Å². The molecule has 3 heterocycles. The fraction of sp³-hybridized carbons (Fsp3) is 0.240. The van der Waals surface area contributed by atoms with Crippen molar-refractivity contribution < 1.29 is 4.79 Å². The Balaban J connectivity index is 1.32. The van der Waals surface area contributed by atoms with E-state index < -0.39 is 0 Å². The molecule has 0 N–H and O–H groups in total. The maximum Gasteiger partial charge on any atom is 0.254 e. The van der Waals surface area contributed by atoms with Crippen LogP contribution in [-0.4, -0.2) is 51.6 Å². The molecule has 0 spiro atoms. The lowest BCUT2D eigenvalue weighted by molar-refractivity contribution is 0.0746. The van der Waals surface area contributed by atoms with Gasteiger partial charge in [-0.1, -0.05) is 23.7 Å². The van der Waals surface area contributed by atoms with Crippen LogP contribution in [0, 0.1) is 13.8 Å². The van der Waals surface area contributed by atoms with Crippen molar-refractivity contribution in [2.24, 2.45) is 0 Å². The Hall–Kier alpha value is -3.38. The molecule has 0 aliphatic carbocycles. The Morgan fingerprint density at radius 2 is 1.66 bits per heavy atom. The lowest BCUT2D eigenvalue weighted by Crippen LogP contribution is -2.49. The summed E-state index contributed by atoms with van der Waals surface area (Å²) in [5.41, 5.74) is 5.98. The molecule has 4 aromatic rings. The summed E-state index contributed by atoms with van der Waals surface area (Å²) in [6.45, 7) is 7.29. The molecular formula is C25H24ClN5O. The fourth-order valence-electron chi connectivity index (χ4n) is 4.21. The highest BCUT2D eigenvalue weighted by Crippen LogP contribution is 2.24. The molecule has 0 unspecified atom stereocenters. The molecular weight excluding hydrogens is 422 g/mol. The summed E-state index contributed by atoms with van der Waals surface area (Å²) in [5, 5.41) is 9.26. The van der Waals surface area contributed by atoms with Gasteiger partial charge in [0.2, 0.25) is 0 Å². The lowest BCUT2D eigenvalue weighted by Gasteiger charge is -2.37. The minimum atomic E-state index is 0.0316. The first-order valence-corrected chi connectivity index (χ1v) is 11.1. The van der Waals surface area contributed by atoms with Gasteiger partial charge in [-0.3, -0.25) is 9.20 Å². The first-order chi connectivity index (χ1) is 15.5. The molecule has 1 aliphatic heterocycles. The van der Waals surface area contributed by atoms with Gasteiger partial charge < -0.3 is 9.80 Å². The number of halogens is 1. The number of fused-ring (bicyclic) bond motifs is 1. The van der Waals surface area contributed by atoms with Crippen molar-refractivity contribution in [2.45, 2.75) is 13.8 Å². The Morgan fingerprint density at radius 1 is 0.906 bits per heavy atom. The van der Waals surface area contributed by atoms with Gasteiger partial charge in [0.1, 0.15) is 0 Å². The number of hydrogen-bond acceptors (Lipinski definition) is 4. The molecule has 2 aromatic carbocycles. The number of pyridine rings is 1. The highest BCUT2D eigenvalue weighted by molar-refractivity contribution is 6.30. The van der Waals surface area contributed by atoms with Crippen LogP contribution in [0.15, 0.2) is 60.8 Å². The second-order valence-electron chi connectivity index (χ2n) is 8.24. The van der Waals surface area contributed by atoms with Gasteiger partial charge in [-0.25, -0.2) is 0 Å². The van der Waals surface area contributed by atoms with Gasteiger partial charge in [0, 0.05) is 54.2 Å². The zero-order valence-corrected chi connectivity index (χ0v) is 18.9. The van der Waals surface area contributed by atoms with Crippen LogP contribution in [0.25, 0.3) is 17.0 Å². The van der Waals surface area contributed by atoms with E-state index in [-0.39, 0.29) is 5.91 Å². The molecule has 0 atom stereocenters. The van der Waals surface area contributed by atoms with Gasteiger partial charge in [0.25, 0.3) is 5.91 Å². The van der Waals surface area contributed by atoms with E-state index in [2.05, 4.69) is 47.1 Å². The molecule has 1 fully saturated rings. The van der Waals surface area contributed by atoms with Crippen LogP contribution in [0.1, 0.15) is 21.5 Å². The normalized spacial score (nSPS) is 14.2. The van der Waals surface area contributed by atoms with Crippen LogP contribution in [-0.2, 0) is 0 Å². The summed E-state index contributed by atoms with van der Waals surface area (Å²) in [7, 11) is 0. The zero-order chi connectivity index (χ0) is 22.2. The molecule has 6 nitrogen and oxygen atoms in total. The fourth-order valence-corrected chi connectivity index (χ4v) is 4.34. The summed E-state index contributed by atoms with van der Waals surface area (Å²) < 4.78 is 1.89. The SMILES string of the molecule is Cc1ccc(C)c(N2CCN(C(=O)c3ccn4c(-c5ccc(Cl)cc5)nnc4c3)CC2)c1. The van der Waals surface area contributed by atoms with Crippen LogP contribution in [0.3, 0.4) is 0 Å². The minimum absolute atomic E-state index is 0.0316. The molecule has 5 rings (SSSR count). The average Bonchev–Trinajstić information content (AvgIpc) is 3.24. The van der Waals surface area contributed by atoms with Crippen molar-refractivity contribution >= 4 is 28.8 Å². The first kappa shape index (κ1) is 20.5. The lowest BCUT2D eigenvalue weighted by atomic mass is 10.1. The van der Waals surface area contributed by atoms with Crippen LogP contribution >= 0.6 is 11.6 Å². The molecule has 32 heavy (non-hydrogen) atoms.